The molecule has 0 aromatic rings. The molecule has 14 N–H and O–H groups in total. The smallest absolute Gasteiger partial charge is 0.407 e. The SMILES string of the molecule is CC[C@H]1OC(=O)[C@H](C)[C@@H](OC2CC(C)(OC)C(OC(=O)NCCCCNC(=O)OC3C(C)OC(O[C@H]4[C@H](C)[C@@H](OC5OC(C)CC(C)C5O)[C@](C)(O)C[C@@H](C)[C@H](N)[C@H](C)[C@@H](O)[C@](C)(O)[C@@H](CC)OC(=O)[C@@H]4C)CC3(C)OC)C(C)O2)[C@H](C)[C@@H](OC2OC(C)CC(C)C2O)[C@](C)(O)C[C@@H](C)[C@H](N)[C@H](C)[C@@H](O)[C@]1(C)O. The Balaban J connectivity index is 1.11. The summed E-state index contributed by atoms with van der Waals surface area (Å²) in [5.74, 6) is -8.57. The Hall–Kier alpha value is -3.32. The number of aliphatic hydroxyl groups is 8. The molecule has 6 aliphatic rings. The van der Waals surface area contributed by atoms with Crippen LogP contribution in [-0.4, -0.2) is 261 Å². The highest BCUT2D eigenvalue weighted by atomic mass is 16.7. The normalized spacial score (nSPS) is 48.8. The second-order valence-electron chi connectivity index (χ2n) is 34.8. The average Bonchev–Trinajstić information content (AvgIpc) is 0.788. The van der Waals surface area contributed by atoms with Crippen molar-refractivity contribution in [3.63, 3.8) is 0 Å². The van der Waals surface area contributed by atoms with E-state index in [1.807, 2.05) is 41.5 Å². The maximum absolute atomic E-state index is 14.6. The van der Waals surface area contributed by atoms with Crippen molar-refractivity contribution >= 4 is 24.1 Å². The first-order valence-corrected chi connectivity index (χ1v) is 39.8. The molecule has 38 atom stereocenters. The maximum Gasteiger partial charge on any atom is 0.407 e. The number of methoxy groups -OCH3 is 2. The van der Waals surface area contributed by atoms with Crippen LogP contribution in [0.5, 0.6) is 0 Å². The number of esters is 2. The number of hydrogen-bond donors (Lipinski definition) is 12. The first-order valence-electron chi connectivity index (χ1n) is 39.8. The number of rotatable bonds is 19. The van der Waals surface area contributed by atoms with Crippen LogP contribution in [-0.2, 0) is 75.9 Å². The summed E-state index contributed by atoms with van der Waals surface area (Å²) in [6, 6.07) is -1.54. The first-order chi connectivity index (χ1) is 50.0. The van der Waals surface area contributed by atoms with E-state index in [0.29, 0.717) is 25.7 Å². The molecule has 30 nitrogen and oxygen atoms in total. The van der Waals surface area contributed by atoms with Crippen LogP contribution >= 0.6 is 0 Å². The monoisotopic (exact) mass is 1550 g/mol. The number of nitrogens with two attached hydrogens (primary N) is 2. The predicted molar refractivity (Wildman–Crippen MR) is 396 cm³/mol. The highest BCUT2D eigenvalue weighted by Gasteiger charge is 2.58. The molecule has 630 valence electrons. The van der Waals surface area contributed by atoms with Gasteiger partial charge in [0.1, 0.15) is 46.8 Å². The number of amides is 2. The number of hydrogen-bond acceptors (Lipinski definition) is 28. The Kier molecular flexibility index (Phi) is 33.3. The second kappa shape index (κ2) is 38.4. The molecule has 6 rings (SSSR count). The van der Waals surface area contributed by atoms with E-state index in [1.165, 1.54) is 28.1 Å². The number of carbonyl (C=O) groups excluding carboxylic acids is 4. The van der Waals surface area contributed by atoms with Gasteiger partial charge in [-0.2, -0.15) is 0 Å². The number of ether oxygens (including phenoxy) is 14. The molecule has 0 aliphatic carbocycles. The molecule has 6 aliphatic heterocycles. The van der Waals surface area contributed by atoms with Gasteiger partial charge in [0, 0.05) is 75.9 Å². The molecule has 2 amide bonds. The van der Waals surface area contributed by atoms with Crippen LogP contribution in [0.4, 0.5) is 9.59 Å². The summed E-state index contributed by atoms with van der Waals surface area (Å²) in [4.78, 5) is 56.6. The van der Waals surface area contributed by atoms with E-state index < -0.39 is 228 Å². The van der Waals surface area contributed by atoms with Gasteiger partial charge < -0.3 is 129 Å². The number of aliphatic hydroxyl groups excluding tert-OH is 4. The van der Waals surface area contributed by atoms with E-state index in [0.717, 1.165) is 0 Å². The molecule has 0 radical (unpaired) electrons. The number of cyclic esters (lactones) is 2. The zero-order valence-electron chi connectivity index (χ0n) is 69.0. The summed E-state index contributed by atoms with van der Waals surface area (Å²) in [5.41, 5.74) is 3.75. The average molecular weight is 1550 g/mol. The van der Waals surface area contributed by atoms with Gasteiger partial charge in [0.25, 0.3) is 0 Å². The van der Waals surface area contributed by atoms with Crippen molar-refractivity contribution in [3.8, 4) is 0 Å². The minimum Gasteiger partial charge on any atom is -0.459 e. The molecule has 0 bridgehead atoms. The number of alkyl carbamates (subject to hydrolysis) is 2. The van der Waals surface area contributed by atoms with E-state index in [-0.39, 0.29) is 75.7 Å². The maximum atomic E-state index is 14.6. The molecule has 108 heavy (non-hydrogen) atoms. The number of nitrogens with one attached hydrogen (secondary N) is 2. The Morgan fingerprint density at radius 3 is 1.10 bits per heavy atom. The summed E-state index contributed by atoms with van der Waals surface area (Å²) in [6.07, 6.45) is -20.7. The molecule has 16 unspecified atom stereocenters. The fourth-order valence-electron chi connectivity index (χ4n) is 18.1. The lowest BCUT2D eigenvalue weighted by atomic mass is 9.72. The summed E-state index contributed by atoms with van der Waals surface area (Å²) in [6.45, 7) is 37.8. The lowest BCUT2D eigenvalue weighted by molar-refractivity contribution is -0.318. The molecule has 6 fully saturated rings. The van der Waals surface area contributed by atoms with Crippen molar-refractivity contribution in [2.75, 3.05) is 27.3 Å². The van der Waals surface area contributed by atoms with Crippen molar-refractivity contribution in [1.82, 2.24) is 10.6 Å². The zero-order valence-corrected chi connectivity index (χ0v) is 69.0. The third-order valence-electron chi connectivity index (χ3n) is 25.2. The number of carbonyl (C=O) groups is 4. The van der Waals surface area contributed by atoms with Gasteiger partial charge in [-0.1, -0.05) is 69.2 Å². The zero-order chi connectivity index (χ0) is 81.6. The van der Waals surface area contributed by atoms with Crippen LogP contribution in [0.2, 0.25) is 0 Å². The largest absolute Gasteiger partial charge is 0.459 e. The van der Waals surface area contributed by atoms with Crippen LogP contribution in [0, 0.1) is 59.2 Å². The second-order valence-corrected chi connectivity index (χ2v) is 34.8. The molecule has 0 saturated carbocycles. The highest BCUT2D eigenvalue weighted by Crippen LogP contribution is 2.46. The topological polar surface area (TPSA) is 435 Å². The van der Waals surface area contributed by atoms with Crippen molar-refractivity contribution in [2.45, 2.75) is 385 Å². The van der Waals surface area contributed by atoms with Crippen molar-refractivity contribution in [3.05, 3.63) is 0 Å². The Bertz CT molecular complexity index is 2660. The van der Waals surface area contributed by atoms with Crippen LogP contribution in [0.15, 0.2) is 0 Å². The third-order valence-corrected chi connectivity index (χ3v) is 25.2. The summed E-state index contributed by atoms with van der Waals surface area (Å²) in [7, 11) is 2.92. The van der Waals surface area contributed by atoms with Gasteiger partial charge in [-0.15, -0.1) is 0 Å². The van der Waals surface area contributed by atoms with Gasteiger partial charge >= 0.3 is 24.1 Å². The lowest BCUT2D eigenvalue weighted by Gasteiger charge is -2.49. The molecular formula is C78H142N4O26. The highest BCUT2D eigenvalue weighted by molar-refractivity contribution is 5.74. The fraction of sp³-hybridized carbons (Fsp3) is 0.949. The van der Waals surface area contributed by atoms with E-state index in [4.69, 9.17) is 77.8 Å². The van der Waals surface area contributed by atoms with E-state index in [9.17, 15) is 60.0 Å². The summed E-state index contributed by atoms with van der Waals surface area (Å²) < 4.78 is 89.2. The Morgan fingerprint density at radius 2 is 0.796 bits per heavy atom. The molecule has 0 spiro atoms. The molecule has 0 aromatic heterocycles. The van der Waals surface area contributed by atoms with E-state index in [1.54, 1.807) is 96.9 Å². The van der Waals surface area contributed by atoms with Crippen molar-refractivity contribution < 1.29 is 126 Å². The van der Waals surface area contributed by atoms with Crippen LogP contribution in [0.1, 0.15) is 217 Å². The van der Waals surface area contributed by atoms with Crippen LogP contribution < -0.4 is 22.1 Å². The summed E-state index contributed by atoms with van der Waals surface area (Å²) >= 11 is 0. The molecule has 6 heterocycles. The molecular weight excluding hydrogens is 1410 g/mol. The van der Waals surface area contributed by atoms with E-state index >= 15 is 0 Å². The molecule has 30 heteroatoms. The lowest BCUT2D eigenvalue weighted by Crippen LogP contribution is -2.61. The molecule has 0 aromatic carbocycles. The van der Waals surface area contributed by atoms with Gasteiger partial charge in [-0.25, -0.2) is 9.59 Å². The Morgan fingerprint density at radius 1 is 0.472 bits per heavy atom. The van der Waals surface area contributed by atoms with Crippen LogP contribution in [0.25, 0.3) is 0 Å². The van der Waals surface area contributed by atoms with E-state index in [2.05, 4.69) is 10.6 Å². The van der Waals surface area contributed by atoms with Gasteiger partial charge in [-0.05, 0) is 158 Å². The summed E-state index contributed by atoms with van der Waals surface area (Å²) in [5, 5.41) is 101. The Labute approximate surface area is 641 Å². The molecule has 6 saturated heterocycles. The minimum absolute atomic E-state index is 0.0124. The predicted octanol–water partition coefficient (Wildman–Crippen LogP) is 5.76. The minimum atomic E-state index is -1.95. The van der Waals surface area contributed by atoms with Gasteiger partial charge in [0.05, 0.1) is 84.1 Å². The van der Waals surface area contributed by atoms with Gasteiger partial charge in [0.15, 0.2) is 37.4 Å². The first kappa shape index (κ1) is 93.5. The third kappa shape index (κ3) is 22.0. The fourth-order valence-corrected chi connectivity index (χ4v) is 18.1. The number of unbranched alkanes of at least 4 members (excludes halogenated alkanes) is 1. The quantitative estimate of drug-likeness (QED) is 0.0415. The standard InChI is InChI=1S/C78H142N4O26/c1-25-51-77(21,93)61(85)43(9)55(79)39(5)33-73(17,91)63(105-69-57(83)37(3)31-41(7)97-69)45(11)59(47(13)67(87)101-51)103-53-35-75(19,95-23)65(49(15)99-53)107-71(89)81-29-27-28-30-82-72(90)108-66-50(16)100-54(36-76(66,20)96-24)104-60-46(12)64(106-70-58(84)38(4)32-42(8)98-70)74(18,92)34-40(6)56(80)44(10)62(86)78(22,94)52(26-2)102-68(88)48(60)14/h37-66,69-70,83-86,91-94H,25-36,79-80H2,1-24H3,(H,81,89)(H,82,90)/t37?,38?,39-,40-,41?,42?,43+,44+,45+,46+,47-,48-,49?,50?,51-,52-,53?,54?,55+,56+,57?,58?,59+,60+,61-,62-,63-,64-,65?,66?,69?,70?,73-,74-,75?,76?,77-,78-/m1/s1. The van der Waals surface area contributed by atoms with Gasteiger partial charge in [0.2, 0.25) is 0 Å². The van der Waals surface area contributed by atoms with Crippen molar-refractivity contribution in [2.24, 2.45) is 70.6 Å². The van der Waals surface area contributed by atoms with Gasteiger partial charge in [-0.3, -0.25) is 9.59 Å². The van der Waals surface area contributed by atoms with Crippen LogP contribution in [0.3, 0.4) is 0 Å². The van der Waals surface area contributed by atoms with Crippen molar-refractivity contribution in [1.29, 1.82) is 0 Å².